The summed E-state index contributed by atoms with van der Waals surface area (Å²) >= 11 is 6.01. The number of halogens is 3. The van der Waals surface area contributed by atoms with E-state index in [1.807, 2.05) is 36.4 Å². The lowest BCUT2D eigenvalue weighted by Crippen LogP contribution is -2.25. The van der Waals surface area contributed by atoms with Gasteiger partial charge in [-0.15, -0.1) is 0 Å². The Balaban J connectivity index is 1.32. The van der Waals surface area contributed by atoms with Gasteiger partial charge in [0.1, 0.15) is 11.6 Å². The van der Waals surface area contributed by atoms with Gasteiger partial charge in [-0.05, 0) is 41.0 Å². The minimum absolute atomic E-state index is 0.0183. The van der Waals surface area contributed by atoms with Crippen molar-refractivity contribution in [3.8, 4) is 11.1 Å². The van der Waals surface area contributed by atoms with Crippen LogP contribution in [-0.2, 0) is 19.0 Å². The van der Waals surface area contributed by atoms with E-state index in [9.17, 15) is 13.6 Å². The highest BCUT2D eigenvalue weighted by molar-refractivity contribution is 6.30. The third-order valence-electron chi connectivity index (χ3n) is 6.17. The number of nitrogens with two attached hydrogens (primary N) is 1. The number of carbonyl (C=O) groups excluding carboxylic acids is 1. The molecule has 8 nitrogen and oxygen atoms in total. The molecule has 0 atom stereocenters. The standard InChI is InChI=1S/C28H24ClF2N7O/c1-28(30,31)20-11-23(27(39)36-13-17-3-2-4-21(29)9-17)25(35-15-20)33-12-16-5-7-18(8-6-16)19-10-22-24(32)37-38-26(22)34-14-19/h2-11,14-15H,12-13H2,1H3,(H,33,35)(H,36,39)(H3,32,34,37,38). The minimum atomic E-state index is -3.15. The fourth-order valence-corrected chi connectivity index (χ4v) is 4.23. The number of amides is 1. The van der Waals surface area contributed by atoms with Crippen molar-refractivity contribution in [1.82, 2.24) is 25.5 Å². The molecule has 5 aromatic rings. The van der Waals surface area contributed by atoms with Gasteiger partial charge in [0.25, 0.3) is 11.8 Å². The van der Waals surface area contributed by atoms with Gasteiger partial charge in [0, 0.05) is 48.6 Å². The zero-order valence-electron chi connectivity index (χ0n) is 20.8. The lowest BCUT2D eigenvalue weighted by atomic mass is 10.0. The molecule has 0 radical (unpaired) electrons. The highest BCUT2D eigenvalue weighted by atomic mass is 35.5. The Hall–Kier alpha value is -4.57. The van der Waals surface area contributed by atoms with E-state index in [0.717, 1.165) is 46.8 Å². The maximum atomic E-state index is 14.0. The predicted octanol–water partition coefficient (Wildman–Crippen LogP) is 5.91. The number of carbonyl (C=O) groups is 1. The number of H-pyrrole nitrogens is 1. The second-order valence-corrected chi connectivity index (χ2v) is 9.54. The van der Waals surface area contributed by atoms with E-state index in [2.05, 4.69) is 30.8 Å². The number of benzene rings is 2. The summed E-state index contributed by atoms with van der Waals surface area (Å²) in [5, 5.41) is 13.9. The molecule has 1 amide bonds. The molecule has 0 spiro atoms. The number of aromatic amines is 1. The summed E-state index contributed by atoms with van der Waals surface area (Å²) in [6.07, 6.45) is 2.79. The Morgan fingerprint density at radius 2 is 1.79 bits per heavy atom. The number of rotatable bonds is 8. The van der Waals surface area contributed by atoms with Crippen LogP contribution in [0, 0.1) is 0 Å². The number of nitrogens with one attached hydrogen (secondary N) is 3. The van der Waals surface area contributed by atoms with Crippen LogP contribution in [0.5, 0.6) is 0 Å². The number of alkyl halides is 2. The molecule has 0 aliphatic rings. The van der Waals surface area contributed by atoms with E-state index < -0.39 is 11.8 Å². The van der Waals surface area contributed by atoms with Crippen LogP contribution in [0.3, 0.4) is 0 Å². The molecule has 0 unspecified atom stereocenters. The van der Waals surface area contributed by atoms with E-state index in [4.69, 9.17) is 17.3 Å². The monoisotopic (exact) mass is 547 g/mol. The Bertz CT molecular complexity index is 1650. The third-order valence-corrected chi connectivity index (χ3v) is 6.40. The van der Waals surface area contributed by atoms with Crippen LogP contribution in [0.15, 0.2) is 73.1 Å². The second kappa shape index (κ2) is 10.7. The van der Waals surface area contributed by atoms with Crippen molar-refractivity contribution in [2.75, 3.05) is 11.1 Å². The summed E-state index contributed by atoms with van der Waals surface area (Å²) in [4.78, 5) is 21.5. The van der Waals surface area contributed by atoms with Crippen molar-refractivity contribution in [2.24, 2.45) is 0 Å². The molecular weight excluding hydrogens is 524 g/mol. The Kier molecular flexibility index (Phi) is 7.12. The highest BCUT2D eigenvalue weighted by Gasteiger charge is 2.27. The minimum Gasteiger partial charge on any atom is -0.384 e. The smallest absolute Gasteiger partial charge is 0.272 e. The summed E-state index contributed by atoms with van der Waals surface area (Å²) in [5.41, 5.74) is 9.61. The highest BCUT2D eigenvalue weighted by Crippen LogP contribution is 2.29. The number of aromatic nitrogens is 4. The normalized spacial score (nSPS) is 11.5. The first kappa shape index (κ1) is 26.1. The molecule has 0 bridgehead atoms. The van der Waals surface area contributed by atoms with Crippen LogP contribution in [0.1, 0.15) is 34.0 Å². The van der Waals surface area contributed by atoms with Gasteiger partial charge in [-0.25, -0.2) is 18.7 Å². The van der Waals surface area contributed by atoms with Crippen LogP contribution >= 0.6 is 11.6 Å². The Labute approximate surface area is 227 Å². The number of pyridine rings is 2. The molecular formula is C28H24ClF2N7O. The van der Waals surface area contributed by atoms with E-state index in [1.54, 1.807) is 24.4 Å². The second-order valence-electron chi connectivity index (χ2n) is 9.10. The van der Waals surface area contributed by atoms with Crippen molar-refractivity contribution in [3.05, 3.63) is 100 Å². The lowest BCUT2D eigenvalue weighted by Gasteiger charge is -2.16. The van der Waals surface area contributed by atoms with Crippen LogP contribution < -0.4 is 16.4 Å². The average molecular weight is 548 g/mol. The molecule has 0 saturated carbocycles. The number of nitrogen functional groups attached to an aromatic ring is 1. The van der Waals surface area contributed by atoms with Gasteiger partial charge in [-0.3, -0.25) is 9.89 Å². The van der Waals surface area contributed by atoms with Crippen molar-refractivity contribution in [3.63, 3.8) is 0 Å². The van der Waals surface area contributed by atoms with Gasteiger partial charge in [-0.2, -0.15) is 5.10 Å². The zero-order valence-corrected chi connectivity index (χ0v) is 21.6. The van der Waals surface area contributed by atoms with Crippen LogP contribution in [0.25, 0.3) is 22.2 Å². The molecule has 5 N–H and O–H groups in total. The maximum absolute atomic E-state index is 14.0. The van der Waals surface area contributed by atoms with Gasteiger partial charge < -0.3 is 16.4 Å². The summed E-state index contributed by atoms with van der Waals surface area (Å²) in [6, 6.07) is 17.8. The van der Waals surface area contributed by atoms with Crippen molar-refractivity contribution < 1.29 is 13.6 Å². The molecule has 39 heavy (non-hydrogen) atoms. The third kappa shape index (κ3) is 5.96. The average Bonchev–Trinajstić information content (AvgIpc) is 3.30. The number of nitrogens with zero attached hydrogens (tertiary/aromatic N) is 3. The number of hydrogen-bond acceptors (Lipinski definition) is 6. The number of anilines is 2. The molecule has 3 aromatic heterocycles. The number of fused-ring (bicyclic) bond motifs is 1. The van der Waals surface area contributed by atoms with E-state index in [-0.39, 0.29) is 23.5 Å². The van der Waals surface area contributed by atoms with Gasteiger partial charge in [-0.1, -0.05) is 48.0 Å². The van der Waals surface area contributed by atoms with E-state index >= 15 is 0 Å². The first-order chi connectivity index (χ1) is 18.7. The first-order valence-corrected chi connectivity index (χ1v) is 12.4. The van der Waals surface area contributed by atoms with E-state index in [1.165, 1.54) is 0 Å². The van der Waals surface area contributed by atoms with Gasteiger partial charge in [0.2, 0.25) is 0 Å². The van der Waals surface area contributed by atoms with E-state index in [0.29, 0.717) is 23.0 Å². The van der Waals surface area contributed by atoms with Crippen molar-refractivity contribution >= 4 is 40.2 Å². The summed E-state index contributed by atoms with van der Waals surface area (Å²) in [6.45, 7) is 1.26. The fraction of sp³-hybridized carbons (Fsp3) is 0.143. The molecule has 0 saturated heterocycles. The zero-order chi connectivity index (χ0) is 27.6. The Morgan fingerprint density at radius 1 is 1.00 bits per heavy atom. The fourth-order valence-electron chi connectivity index (χ4n) is 4.02. The molecule has 0 aliphatic heterocycles. The topological polar surface area (TPSA) is 122 Å². The van der Waals surface area contributed by atoms with Crippen LogP contribution in [0.4, 0.5) is 20.4 Å². The van der Waals surface area contributed by atoms with Crippen molar-refractivity contribution in [1.29, 1.82) is 0 Å². The van der Waals surface area contributed by atoms with Gasteiger partial charge >= 0.3 is 0 Å². The predicted molar refractivity (Wildman–Crippen MR) is 147 cm³/mol. The molecule has 11 heteroatoms. The largest absolute Gasteiger partial charge is 0.384 e. The lowest BCUT2D eigenvalue weighted by molar-refractivity contribution is 0.0171. The van der Waals surface area contributed by atoms with Gasteiger partial charge in [0.15, 0.2) is 5.65 Å². The van der Waals surface area contributed by atoms with Crippen molar-refractivity contribution in [2.45, 2.75) is 25.9 Å². The molecule has 2 aromatic carbocycles. The quantitative estimate of drug-likeness (QED) is 0.192. The molecule has 198 valence electrons. The molecule has 0 aliphatic carbocycles. The molecule has 0 fully saturated rings. The molecule has 3 heterocycles. The Morgan fingerprint density at radius 3 is 2.54 bits per heavy atom. The van der Waals surface area contributed by atoms with Gasteiger partial charge in [0.05, 0.1) is 10.9 Å². The summed E-state index contributed by atoms with van der Waals surface area (Å²) in [5.74, 6) is -3.04. The maximum Gasteiger partial charge on any atom is 0.272 e. The number of hydrogen-bond donors (Lipinski definition) is 4. The first-order valence-electron chi connectivity index (χ1n) is 12.0. The molecule has 5 rings (SSSR count). The summed E-state index contributed by atoms with van der Waals surface area (Å²) < 4.78 is 28.0. The van der Waals surface area contributed by atoms with Crippen LogP contribution in [0.2, 0.25) is 5.02 Å². The SMILES string of the molecule is CC(F)(F)c1cnc(NCc2ccc(-c3cnc4n[nH]c(N)c4c3)cc2)c(C(=O)NCc2cccc(Cl)c2)c1. The summed E-state index contributed by atoms with van der Waals surface area (Å²) in [7, 11) is 0. The van der Waals surface area contributed by atoms with Crippen LogP contribution in [-0.4, -0.2) is 26.1 Å².